The summed E-state index contributed by atoms with van der Waals surface area (Å²) in [6.45, 7) is 0.809. The number of amides is 1. The molecule has 0 saturated carbocycles. The number of methoxy groups -OCH3 is 1. The Morgan fingerprint density at radius 2 is 2.00 bits per heavy atom. The van der Waals surface area contributed by atoms with E-state index in [-0.39, 0.29) is 11.9 Å². The van der Waals surface area contributed by atoms with Crippen LogP contribution in [0.3, 0.4) is 0 Å². The molecule has 1 aliphatic rings. The van der Waals surface area contributed by atoms with E-state index in [1.165, 1.54) is 0 Å². The molecule has 1 aliphatic heterocycles. The van der Waals surface area contributed by atoms with Crippen molar-refractivity contribution in [2.24, 2.45) is 0 Å². The van der Waals surface area contributed by atoms with E-state index in [1.54, 1.807) is 26.1 Å². The van der Waals surface area contributed by atoms with Crippen LogP contribution < -0.4 is 9.64 Å². The highest BCUT2D eigenvalue weighted by atomic mass is 16.5. The molecule has 86 valence electrons. The lowest BCUT2D eigenvalue weighted by Crippen LogP contribution is -2.28. The third kappa shape index (κ3) is 1.96. The van der Waals surface area contributed by atoms with Crippen molar-refractivity contribution in [2.75, 3.05) is 32.6 Å². The SMILES string of the molecule is COc1ccc(N2CC2C(=O)N(C)C)cc1. The zero-order chi connectivity index (χ0) is 11.7. The maximum absolute atomic E-state index is 11.7. The highest BCUT2D eigenvalue weighted by Crippen LogP contribution is 2.29. The van der Waals surface area contributed by atoms with Gasteiger partial charge in [-0.05, 0) is 24.3 Å². The number of carbonyl (C=O) groups is 1. The Morgan fingerprint density at radius 1 is 1.38 bits per heavy atom. The Labute approximate surface area is 95.4 Å². The number of benzene rings is 1. The molecule has 1 heterocycles. The van der Waals surface area contributed by atoms with Gasteiger partial charge in [-0.15, -0.1) is 0 Å². The van der Waals surface area contributed by atoms with E-state index in [9.17, 15) is 4.79 Å². The van der Waals surface area contributed by atoms with Crippen LogP contribution in [0.5, 0.6) is 5.75 Å². The monoisotopic (exact) mass is 220 g/mol. The first kappa shape index (κ1) is 10.8. The smallest absolute Gasteiger partial charge is 0.246 e. The summed E-state index contributed by atoms with van der Waals surface area (Å²) >= 11 is 0. The molecule has 1 fully saturated rings. The second-order valence-corrected chi connectivity index (χ2v) is 4.10. The van der Waals surface area contributed by atoms with Gasteiger partial charge in [0, 0.05) is 26.3 Å². The van der Waals surface area contributed by atoms with Crippen LogP contribution in [-0.4, -0.2) is 44.6 Å². The number of carbonyl (C=O) groups excluding carboxylic acids is 1. The van der Waals surface area contributed by atoms with Crippen LogP contribution in [-0.2, 0) is 4.79 Å². The first-order valence-corrected chi connectivity index (χ1v) is 5.25. The van der Waals surface area contributed by atoms with Gasteiger partial charge in [-0.3, -0.25) is 4.79 Å². The first-order valence-electron chi connectivity index (χ1n) is 5.25. The van der Waals surface area contributed by atoms with E-state index in [2.05, 4.69) is 4.90 Å². The van der Waals surface area contributed by atoms with Crippen molar-refractivity contribution in [3.05, 3.63) is 24.3 Å². The van der Waals surface area contributed by atoms with Crippen LogP contribution in [0.2, 0.25) is 0 Å². The normalized spacial score (nSPS) is 18.2. The number of likely N-dealkylation sites (N-methyl/N-ethyl adjacent to an activating group) is 1. The van der Waals surface area contributed by atoms with E-state index >= 15 is 0 Å². The summed E-state index contributed by atoms with van der Waals surface area (Å²) in [6, 6.07) is 7.78. The maximum atomic E-state index is 11.7. The predicted octanol–water partition coefficient (Wildman–Crippen LogP) is 0.972. The van der Waals surface area contributed by atoms with Gasteiger partial charge in [-0.25, -0.2) is 0 Å². The summed E-state index contributed by atoms with van der Waals surface area (Å²) in [6.07, 6.45) is 0. The van der Waals surface area contributed by atoms with Crippen molar-refractivity contribution in [1.29, 1.82) is 0 Å². The number of rotatable bonds is 3. The summed E-state index contributed by atoms with van der Waals surface area (Å²) in [5, 5.41) is 0. The average molecular weight is 220 g/mol. The number of hydrogen-bond donors (Lipinski definition) is 0. The van der Waals surface area contributed by atoms with Crippen molar-refractivity contribution in [3.8, 4) is 5.75 Å². The molecular weight excluding hydrogens is 204 g/mol. The average Bonchev–Trinajstić information content (AvgIpc) is 3.08. The Balaban J connectivity index is 2.03. The van der Waals surface area contributed by atoms with Gasteiger partial charge >= 0.3 is 0 Å². The zero-order valence-corrected chi connectivity index (χ0v) is 9.80. The maximum Gasteiger partial charge on any atom is 0.246 e. The lowest BCUT2D eigenvalue weighted by atomic mass is 10.3. The fourth-order valence-electron chi connectivity index (χ4n) is 1.71. The lowest BCUT2D eigenvalue weighted by Gasteiger charge is -2.11. The molecule has 0 aromatic heterocycles. The second kappa shape index (κ2) is 4.04. The minimum absolute atomic E-state index is 0.0170. The molecule has 1 amide bonds. The van der Waals surface area contributed by atoms with Crippen LogP contribution in [0, 0.1) is 0 Å². The van der Waals surface area contributed by atoms with Gasteiger partial charge in [0.25, 0.3) is 0 Å². The molecule has 2 rings (SSSR count). The molecule has 1 atom stereocenters. The Morgan fingerprint density at radius 3 is 2.50 bits per heavy atom. The lowest BCUT2D eigenvalue weighted by molar-refractivity contribution is -0.127. The highest BCUT2D eigenvalue weighted by molar-refractivity contribution is 5.90. The summed E-state index contributed by atoms with van der Waals surface area (Å²) in [5.74, 6) is 0.997. The number of anilines is 1. The first-order chi connectivity index (χ1) is 7.63. The summed E-state index contributed by atoms with van der Waals surface area (Å²) in [4.78, 5) is 15.4. The van der Waals surface area contributed by atoms with Crippen LogP contribution in [0.4, 0.5) is 5.69 Å². The van der Waals surface area contributed by atoms with Crippen molar-refractivity contribution < 1.29 is 9.53 Å². The van der Waals surface area contributed by atoms with Gasteiger partial charge in [0.15, 0.2) is 0 Å². The molecule has 0 bridgehead atoms. The summed E-state index contributed by atoms with van der Waals surface area (Å²) in [5.41, 5.74) is 1.07. The molecule has 1 aromatic rings. The third-order valence-corrected chi connectivity index (χ3v) is 2.74. The van der Waals surface area contributed by atoms with Gasteiger partial charge in [0.05, 0.1) is 7.11 Å². The fourth-order valence-corrected chi connectivity index (χ4v) is 1.71. The van der Waals surface area contributed by atoms with Crippen molar-refractivity contribution in [2.45, 2.75) is 6.04 Å². The van der Waals surface area contributed by atoms with Crippen molar-refractivity contribution in [3.63, 3.8) is 0 Å². The van der Waals surface area contributed by atoms with Gasteiger partial charge < -0.3 is 14.5 Å². The molecule has 4 nitrogen and oxygen atoms in total. The van der Waals surface area contributed by atoms with Crippen LogP contribution in [0.15, 0.2) is 24.3 Å². The number of nitrogens with zero attached hydrogens (tertiary/aromatic N) is 2. The predicted molar refractivity (Wildman–Crippen MR) is 62.8 cm³/mol. The van der Waals surface area contributed by atoms with Crippen molar-refractivity contribution in [1.82, 2.24) is 4.90 Å². The Bertz CT molecular complexity index is 387. The van der Waals surface area contributed by atoms with E-state index in [0.717, 1.165) is 18.0 Å². The molecule has 1 aromatic carbocycles. The minimum atomic E-state index is 0.0170. The molecule has 0 spiro atoms. The third-order valence-electron chi connectivity index (χ3n) is 2.74. The molecule has 0 radical (unpaired) electrons. The zero-order valence-electron chi connectivity index (χ0n) is 9.80. The molecule has 16 heavy (non-hydrogen) atoms. The molecule has 0 aliphatic carbocycles. The molecule has 1 saturated heterocycles. The minimum Gasteiger partial charge on any atom is -0.497 e. The molecule has 0 N–H and O–H groups in total. The van der Waals surface area contributed by atoms with Gasteiger partial charge in [0.1, 0.15) is 11.8 Å². The molecule has 4 heteroatoms. The largest absolute Gasteiger partial charge is 0.497 e. The van der Waals surface area contributed by atoms with E-state index in [4.69, 9.17) is 4.74 Å². The fraction of sp³-hybridized carbons (Fsp3) is 0.417. The van der Waals surface area contributed by atoms with Gasteiger partial charge in [0.2, 0.25) is 5.91 Å². The van der Waals surface area contributed by atoms with E-state index < -0.39 is 0 Å². The molecule has 1 unspecified atom stereocenters. The van der Waals surface area contributed by atoms with Crippen LogP contribution in [0.25, 0.3) is 0 Å². The van der Waals surface area contributed by atoms with Crippen LogP contribution >= 0.6 is 0 Å². The quantitative estimate of drug-likeness (QED) is 0.712. The Hall–Kier alpha value is -1.71. The number of ether oxygens (including phenoxy) is 1. The summed E-state index contributed by atoms with van der Waals surface area (Å²) < 4.78 is 5.09. The van der Waals surface area contributed by atoms with E-state index in [0.29, 0.717) is 0 Å². The van der Waals surface area contributed by atoms with Gasteiger partial charge in [-0.2, -0.15) is 0 Å². The molecular formula is C12H16N2O2. The standard InChI is InChI=1S/C12H16N2O2/c1-13(2)12(15)11-8-14(11)9-4-6-10(16-3)7-5-9/h4-7,11H,8H2,1-3H3. The van der Waals surface area contributed by atoms with Crippen molar-refractivity contribution >= 4 is 11.6 Å². The topological polar surface area (TPSA) is 32.6 Å². The summed E-state index contributed by atoms with van der Waals surface area (Å²) in [7, 11) is 5.21. The van der Waals surface area contributed by atoms with Gasteiger partial charge in [-0.1, -0.05) is 0 Å². The van der Waals surface area contributed by atoms with Crippen LogP contribution in [0.1, 0.15) is 0 Å². The number of hydrogen-bond acceptors (Lipinski definition) is 3. The highest BCUT2D eigenvalue weighted by Gasteiger charge is 2.41. The Kier molecular flexibility index (Phi) is 2.73. The second-order valence-electron chi connectivity index (χ2n) is 4.10. The van der Waals surface area contributed by atoms with E-state index in [1.807, 2.05) is 24.3 Å².